The fraction of sp³-hybridized carbons (Fsp3) is 0.857. The van der Waals surface area contributed by atoms with E-state index in [2.05, 4.69) is 29.2 Å². The molecule has 0 bridgehead atoms. The van der Waals surface area contributed by atoms with Gasteiger partial charge in [-0.15, -0.1) is 0 Å². The average Bonchev–Trinajstić information content (AvgIpc) is 2.79. The van der Waals surface area contributed by atoms with E-state index < -0.39 is 0 Å². The molecule has 1 aromatic heterocycles. The molecule has 4 nitrogen and oxygen atoms in total. The summed E-state index contributed by atoms with van der Waals surface area (Å²) >= 11 is 0. The average molecular weight is 248 g/mol. The molecule has 1 aromatic rings. The minimum absolute atomic E-state index is 0.611. The second-order valence-corrected chi connectivity index (χ2v) is 5.70. The van der Waals surface area contributed by atoms with Crippen LogP contribution in [0.25, 0.3) is 0 Å². The lowest BCUT2D eigenvalue weighted by atomic mass is 10.0. The van der Waals surface area contributed by atoms with Crippen molar-refractivity contribution in [1.29, 1.82) is 0 Å². The Bertz CT molecular complexity index is 390. The normalized spacial score (nSPS) is 31.3. The number of likely N-dealkylation sites (N-methyl/N-ethyl adjacent to an activating group) is 1. The van der Waals surface area contributed by atoms with Gasteiger partial charge in [0.25, 0.3) is 0 Å². The lowest BCUT2D eigenvalue weighted by Gasteiger charge is -2.19. The first kappa shape index (κ1) is 12.2. The van der Waals surface area contributed by atoms with E-state index in [4.69, 9.17) is 0 Å². The van der Waals surface area contributed by atoms with Gasteiger partial charge in [0.15, 0.2) is 0 Å². The van der Waals surface area contributed by atoms with Crippen LogP contribution in [0, 0.1) is 17.8 Å². The predicted octanol–water partition coefficient (Wildman–Crippen LogP) is 1.86. The Balaban J connectivity index is 1.67. The molecule has 18 heavy (non-hydrogen) atoms. The summed E-state index contributed by atoms with van der Waals surface area (Å²) in [6, 6.07) is 0.611. The van der Waals surface area contributed by atoms with Crippen LogP contribution in [0.5, 0.6) is 0 Å². The summed E-state index contributed by atoms with van der Waals surface area (Å²) in [5.74, 6) is 4.06. The topological polar surface area (TPSA) is 42.7 Å². The molecule has 2 aliphatic rings. The van der Waals surface area contributed by atoms with Gasteiger partial charge in [0.05, 0.1) is 0 Å². The minimum atomic E-state index is 0.611. The lowest BCUT2D eigenvalue weighted by molar-refractivity contribution is 0.398. The Morgan fingerprint density at radius 3 is 2.83 bits per heavy atom. The Morgan fingerprint density at radius 2 is 2.17 bits per heavy atom. The molecule has 0 saturated heterocycles. The summed E-state index contributed by atoms with van der Waals surface area (Å²) in [6.07, 6.45) is 7.10. The first-order chi connectivity index (χ1) is 8.85. The molecule has 1 N–H and O–H groups in total. The highest BCUT2D eigenvalue weighted by Crippen LogP contribution is 2.59. The highest BCUT2D eigenvalue weighted by Gasteiger charge is 2.55. The first-order valence-corrected chi connectivity index (χ1v) is 7.45. The van der Waals surface area contributed by atoms with Crippen molar-refractivity contribution >= 4 is 0 Å². The molecule has 0 radical (unpaired) electrons. The number of fused-ring (bicyclic) bond motifs is 1. The molecular weight excluding hydrogens is 224 g/mol. The zero-order chi connectivity index (χ0) is 12.5. The van der Waals surface area contributed by atoms with E-state index in [0.29, 0.717) is 6.04 Å². The van der Waals surface area contributed by atoms with E-state index in [9.17, 15) is 0 Å². The summed E-state index contributed by atoms with van der Waals surface area (Å²) in [5.41, 5.74) is 0. The second-order valence-electron chi connectivity index (χ2n) is 5.70. The maximum Gasteiger partial charge on any atom is 0.138 e. The van der Waals surface area contributed by atoms with Gasteiger partial charge in [-0.1, -0.05) is 13.3 Å². The monoisotopic (exact) mass is 248 g/mol. The molecule has 3 unspecified atom stereocenters. The Kier molecular flexibility index (Phi) is 3.37. The van der Waals surface area contributed by atoms with Crippen molar-refractivity contribution in [3.8, 4) is 0 Å². The summed E-state index contributed by atoms with van der Waals surface area (Å²) in [5, 5.41) is 7.96. The van der Waals surface area contributed by atoms with Crippen LogP contribution in [-0.2, 0) is 13.0 Å². The van der Waals surface area contributed by atoms with Gasteiger partial charge >= 0.3 is 0 Å². The molecule has 1 heterocycles. The summed E-state index contributed by atoms with van der Waals surface area (Å²) in [4.78, 5) is 4.43. The van der Waals surface area contributed by atoms with Crippen LogP contribution in [-0.4, -0.2) is 27.4 Å². The van der Waals surface area contributed by atoms with E-state index in [0.717, 1.165) is 43.1 Å². The number of hydrogen-bond acceptors (Lipinski definition) is 3. The molecule has 2 fully saturated rings. The molecule has 0 aliphatic heterocycles. The van der Waals surface area contributed by atoms with Crippen LogP contribution in [0.3, 0.4) is 0 Å². The van der Waals surface area contributed by atoms with E-state index >= 15 is 0 Å². The molecule has 2 aliphatic carbocycles. The van der Waals surface area contributed by atoms with E-state index in [-0.39, 0.29) is 0 Å². The zero-order valence-electron chi connectivity index (χ0n) is 11.5. The second kappa shape index (κ2) is 5.00. The van der Waals surface area contributed by atoms with Gasteiger partial charge in [-0.25, -0.2) is 4.98 Å². The Labute approximate surface area is 109 Å². The number of nitrogens with zero attached hydrogens (tertiary/aromatic N) is 3. The smallest absolute Gasteiger partial charge is 0.138 e. The van der Waals surface area contributed by atoms with Gasteiger partial charge in [-0.2, -0.15) is 5.10 Å². The zero-order valence-corrected chi connectivity index (χ0v) is 11.5. The van der Waals surface area contributed by atoms with Crippen LogP contribution in [0.1, 0.15) is 38.9 Å². The molecular formula is C14H24N4. The predicted molar refractivity (Wildman–Crippen MR) is 71.2 cm³/mol. The van der Waals surface area contributed by atoms with E-state index in [1.54, 1.807) is 6.33 Å². The number of aromatic nitrogens is 3. The van der Waals surface area contributed by atoms with Crippen LogP contribution in [0.15, 0.2) is 6.33 Å². The highest BCUT2D eigenvalue weighted by atomic mass is 15.3. The number of rotatable bonds is 6. The van der Waals surface area contributed by atoms with Gasteiger partial charge in [-0.05, 0) is 44.1 Å². The van der Waals surface area contributed by atoms with Gasteiger partial charge in [-0.3, -0.25) is 4.68 Å². The van der Waals surface area contributed by atoms with Crippen molar-refractivity contribution in [2.75, 3.05) is 6.54 Å². The van der Waals surface area contributed by atoms with Crippen molar-refractivity contribution < 1.29 is 0 Å². The minimum Gasteiger partial charge on any atom is -0.314 e. The van der Waals surface area contributed by atoms with Gasteiger partial charge in [0.1, 0.15) is 12.2 Å². The number of nitrogens with one attached hydrogen (secondary N) is 1. The van der Waals surface area contributed by atoms with E-state index in [1.807, 2.05) is 4.68 Å². The van der Waals surface area contributed by atoms with Gasteiger partial charge < -0.3 is 5.32 Å². The number of aryl methyl sites for hydroxylation is 1. The van der Waals surface area contributed by atoms with Crippen molar-refractivity contribution in [1.82, 2.24) is 20.1 Å². The third-order valence-corrected chi connectivity index (χ3v) is 4.80. The van der Waals surface area contributed by atoms with Crippen LogP contribution < -0.4 is 5.32 Å². The standard InChI is InChI=1S/C14H24N4/c1-3-15-12(14-10-6-5-7-11(10)14)8-13-16-9-17-18(13)4-2/h9-12,14-15H,3-8H2,1-2H3. The summed E-state index contributed by atoms with van der Waals surface area (Å²) in [7, 11) is 0. The fourth-order valence-electron chi connectivity index (χ4n) is 3.99. The quantitative estimate of drug-likeness (QED) is 0.835. The van der Waals surface area contributed by atoms with E-state index in [1.165, 1.54) is 19.3 Å². The lowest BCUT2D eigenvalue weighted by Crippen LogP contribution is -2.35. The first-order valence-electron chi connectivity index (χ1n) is 7.45. The molecule has 0 aromatic carbocycles. The maximum absolute atomic E-state index is 4.43. The molecule has 100 valence electrons. The van der Waals surface area contributed by atoms with Crippen molar-refractivity contribution in [3.63, 3.8) is 0 Å². The van der Waals surface area contributed by atoms with Gasteiger partial charge in [0, 0.05) is 19.0 Å². The molecule has 3 atom stereocenters. The SMILES string of the molecule is CCNC(Cc1ncnn1CC)C1C2CCCC21. The van der Waals surface area contributed by atoms with Crippen LogP contribution in [0.2, 0.25) is 0 Å². The van der Waals surface area contributed by atoms with Crippen molar-refractivity contribution in [2.45, 2.75) is 52.1 Å². The number of hydrogen-bond donors (Lipinski definition) is 1. The van der Waals surface area contributed by atoms with Crippen LogP contribution >= 0.6 is 0 Å². The van der Waals surface area contributed by atoms with Crippen molar-refractivity contribution in [2.24, 2.45) is 17.8 Å². The molecule has 0 spiro atoms. The molecule has 3 rings (SSSR count). The Hall–Kier alpha value is -0.900. The van der Waals surface area contributed by atoms with Gasteiger partial charge in [0.2, 0.25) is 0 Å². The molecule has 4 heteroatoms. The third kappa shape index (κ3) is 2.07. The highest BCUT2D eigenvalue weighted by molar-refractivity contribution is 5.08. The fourth-order valence-corrected chi connectivity index (χ4v) is 3.99. The Morgan fingerprint density at radius 1 is 1.39 bits per heavy atom. The maximum atomic E-state index is 4.43. The third-order valence-electron chi connectivity index (χ3n) is 4.80. The summed E-state index contributed by atoms with van der Waals surface area (Å²) < 4.78 is 2.03. The summed E-state index contributed by atoms with van der Waals surface area (Å²) in [6.45, 7) is 6.31. The van der Waals surface area contributed by atoms with Crippen LogP contribution in [0.4, 0.5) is 0 Å². The largest absolute Gasteiger partial charge is 0.314 e. The molecule has 0 amide bonds. The van der Waals surface area contributed by atoms with Crippen molar-refractivity contribution in [3.05, 3.63) is 12.2 Å². The molecule has 2 saturated carbocycles.